The maximum atomic E-state index is 11.7. The van der Waals surface area contributed by atoms with Crippen LogP contribution in [0.3, 0.4) is 0 Å². The van der Waals surface area contributed by atoms with Gasteiger partial charge in [-0.05, 0) is 13.3 Å². The number of hydrogen-bond acceptors (Lipinski definition) is 5. The summed E-state index contributed by atoms with van der Waals surface area (Å²) in [6.07, 6.45) is -0.196. The van der Waals surface area contributed by atoms with Crippen molar-refractivity contribution in [3.05, 3.63) is 0 Å². The zero-order valence-electron chi connectivity index (χ0n) is 11.3. The van der Waals surface area contributed by atoms with Gasteiger partial charge in [-0.3, -0.25) is 9.59 Å². The molecule has 9 nitrogen and oxygen atoms in total. The van der Waals surface area contributed by atoms with E-state index in [0.29, 0.717) is 6.42 Å². The van der Waals surface area contributed by atoms with Gasteiger partial charge in [0.05, 0.1) is 18.2 Å². The van der Waals surface area contributed by atoms with Crippen LogP contribution in [-0.2, 0) is 24.4 Å². The summed E-state index contributed by atoms with van der Waals surface area (Å²) in [7, 11) is -3.60. The molecule has 2 atom stereocenters. The molecular formula is C10H19N3O6S. The van der Waals surface area contributed by atoms with E-state index in [1.807, 2.05) is 5.32 Å². The van der Waals surface area contributed by atoms with Crippen LogP contribution < -0.4 is 15.8 Å². The third-order valence-electron chi connectivity index (χ3n) is 2.24. The predicted octanol–water partition coefficient (Wildman–Crippen LogP) is -1.85. The maximum Gasteiger partial charge on any atom is 0.326 e. The Hall–Kier alpha value is -1.68. The summed E-state index contributed by atoms with van der Waals surface area (Å²) in [5, 5.41) is 10.9. The summed E-state index contributed by atoms with van der Waals surface area (Å²) >= 11 is 0. The topological polar surface area (TPSA) is 156 Å². The number of rotatable bonds is 9. The highest BCUT2D eigenvalue weighted by Gasteiger charge is 2.26. The molecule has 1 unspecified atom stereocenters. The molecule has 0 heterocycles. The highest BCUT2D eigenvalue weighted by molar-refractivity contribution is 7.89. The Balaban J connectivity index is 4.65. The molecular weight excluding hydrogens is 290 g/mol. The maximum absolute atomic E-state index is 11.7. The van der Waals surface area contributed by atoms with E-state index < -0.39 is 46.3 Å². The largest absolute Gasteiger partial charge is 0.480 e. The van der Waals surface area contributed by atoms with Crippen molar-refractivity contribution in [3.63, 3.8) is 0 Å². The monoisotopic (exact) mass is 309 g/mol. The molecule has 0 aromatic rings. The Morgan fingerprint density at radius 3 is 2.25 bits per heavy atom. The first kappa shape index (κ1) is 18.3. The third-order valence-corrected chi connectivity index (χ3v) is 3.90. The molecule has 0 bridgehead atoms. The van der Waals surface area contributed by atoms with Crippen LogP contribution in [0.1, 0.15) is 26.7 Å². The van der Waals surface area contributed by atoms with Crippen molar-refractivity contribution in [2.24, 2.45) is 5.73 Å². The number of carboxylic acid groups (broad SMARTS) is 1. The van der Waals surface area contributed by atoms with Gasteiger partial charge >= 0.3 is 5.97 Å². The Bertz CT molecular complexity index is 475. The Labute approximate surface area is 117 Å². The van der Waals surface area contributed by atoms with E-state index in [9.17, 15) is 22.8 Å². The lowest BCUT2D eigenvalue weighted by Crippen LogP contribution is -2.51. The number of nitrogens with one attached hydrogen (secondary N) is 2. The van der Waals surface area contributed by atoms with Gasteiger partial charge in [-0.25, -0.2) is 17.9 Å². The van der Waals surface area contributed by atoms with Gasteiger partial charge in [0.1, 0.15) is 6.04 Å². The first-order valence-electron chi connectivity index (χ1n) is 5.90. The van der Waals surface area contributed by atoms with Crippen LogP contribution in [0.15, 0.2) is 0 Å². The molecule has 0 aromatic carbocycles. The number of nitrogens with two attached hydrogens (primary N) is 1. The number of hydrogen-bond donors (Lipinski definition) is 4. The van der Waals surface area contributed by atoms with Gasteiger partial charge in [-0.15, -0.1) is 0 Å². The van der Waals surface area contributed by atoms with Gasteiger partial charge < -0.3 is 16.2 Å². The molecule has 0 spiro atoms. The Kier molecular flexibility index (Phi) is 7.14. The number of carbonyl (C=O) groups excluding carboxylic acids is 2. The second-order valence-electron chi connectivity index (χ2n) is 4.23. The minimum Gasteiger partial charge on any atom is -0.480 e. The molecule has 5 N–H and O–H groups in total. The fraction of sp³-hybridized carbons (Fsp3) is 0.700. The van der Waals surface area contributed by atoms with Crippen LogP contribution in [0.5, 0.6) is 0 Å². The minimum atomic E-state index is -3.60. The molecule has 0 aliphatic carbocycles. The van der Waals surface area contributed by atoms with E-state index in [-0.39, 0.29) is 5.75 Å². The van der Waals surface area contributed by atoms with Crippen LogP contribution >= 0.6 is 0 Å². The first-order valence-corrected chi connectivity index (χ1v) is 7.55. The van der Waals surface area contributed by atoms with Crippen LogP contribution in [0.25, 0.3) is 0 Å². The van der Waals surface area contributed by atoms with Gasteiger partial charge in [-0.2, -0.15) is 0 Å². The van der Waals surface area contributed by atoms with E-state index in [1.165, 1.54) is 6.92 Å². The standard InChI is InChI=1S/C10H19N3O6S/c1-3-4-20(18,19)13-6(2)9(15)12-7(10(16)17)5-8(11)14/h6-7,13H,3-5H2,1-2H3,(H2,11,14)(H,12,15)(H,16,17)/t6?,7-/m0/s1. The van der Waals surface area contributed by atoms with E-state index in [0.717, 1.165) is 0 Å². The smallest absolute Gasteiger partial charge is 0.326 e. The normalized spacial score (nSPS) is 14.3. The Morgan fingerprint density at radius 1 is 1.30 bits per heavy atom. The summed E-state index contributed by atoms with van der Waals surface area (Å²) in [6.45, 7) is 2.93. The highest BCUT2D eigenvalue weighted by atomic mass is 32.2. The number of aliphatic carboxylic acids is 1. The molecule has 0 radical (unpaired) electrons. The molecule has 0 saturated heterocycles. The van der Waals surface area contributed by atoms with Crippen LogP contribution in [-0.4, -0.2) is 49.1 Å². The average Bonchev–Trinajstić information content (AvgIpc) is 2.26. The molecule has 0 aliphatic heterocycles. The van der Waals surface area contributed by atoms with Gasteiger partial charge in [0, 0.05) is 0 Å². The molecule has 0 aliphatic rings. The van der Waals surface area contributed by atoms with Gasteiger partial charge in [0.2, 0.25) is 21.8 Å². The van der Waals surface area contributed by atoms with Crippen molar-refractivity contribution < 1.29 is 27.9 Å². The first-order chi connectivity index (χ1) is 9.09. The van der Waals surface area contributed by atoms with E-state index in [2.05, 4.69) is 4.72 Å². The summed E-state index contributed by atoms with van der Waals surface area (Å²) in [4.78, 5) is 33.2. The van der Waals surface area contributed by atoms with Crippen molar-refractivity contribution in [3.8, 4) is 0 Å². The summed E-state index contributed by atoms with van der Waals surface area (Å²) in [5.41, 5.74) is 4.86. The van der Waals surface area contributed by atoms with Gasteiger partial charge in [0.15, 0.2) is 0 Å². The predicted molar refractivity (Wildman–Crippen MR) is 70.1 cm³/mol. The fourth-order valence-corrected chi connectivity index (χ4v) is 2.65. The molecule has 0 aromatic heterocycles. The molecule has 20 heavy (non-hydrogen) atoms. The van der Waals surface area contributed by atoms with Crippen LogP contribution in [0, 0.1) is 0 Å². The summed E-state index contributed by atoms with van der Waals surface area (Å²) in [6, 6.07) is -2.64. The number of sulfonamides is 1. The quantitative estimate of drug-likeness (QED) is 0.391. The lowest BCUT2D eigenvalue weighted by molar-refractivity contribution is -0.143. The minimum absolute atomic E-state index is 0.145. The molecule has 10 heteroatoms. The lowest BCUT2D eigenvalue weighted by Gasteiger charge is -2.17. The molecule has 0 rings (SSSR count). The van der Waals surface area contributed by atoms with Gasteiger partial charge in [0.25, 0.3) is 0 Å². The molecule has 116 valence electrons. The number of carbonyl (C=O) groups is 3. The van der Waals surface area contributed by atoms with E-state index >= 15 is 0 Å². The molecule has 0 saturated carbocycles. The SMILES string of the molecule is CCCS(=O)(=O)NC(C)C(=O)N[C@@H](CC(N)=O)C(=O)O. The van der Waals surface area contributed by atoms with Crippen LogP contribution in [0.4, 0.5) is 0 Å². The van der Waals surface area contributed by atoms with Crippen molar-refractivity contribution >= 4 is 27.8 Å². The fourth-order valence-electron chi connectivity index (χ4n) is 1.35. The Morgan fingerprint density at radius 2 is 1.85 bits per heavy atom. The summed E-state index contributed by atoms with van der Waals surface area (Å²) < 4.78 is 25.0. The second-order valence-corrected chi connectivity index (χ2v) is 6.10. The van der Waals surface area contributed by atoms with Crippen molar-refractivity contribution in [2.75, 3.05) is 5.75 Å². The number of primary amides is 1. The van der Waals surface area contributed by atoms with Crippen molar-refractivity contribution in [1.29, 1.82) is 0 Å². The zero-order chi connectivity index (χ0) is 15.9. The zero-order valence-corrected chi connectivity index (χ0v) is 12.1. The summed E-state index contributed by atoms with van der Waals surface area (Å²) in [5.74, 6) is -3.31. The lowest BCUT2D eigenvalue weighted by atomic mass is 10.2. The van der Waals surface area contributed by atoms with Gasteiger partial charge in [-0.1, -0.05) is 6.92 Å². The third kappa shape index (κ3) is 7.04. The van der Waals surface area contributed by atoms with E-state index in [1.54, 1.807) is 6.92 Å². The second kappa shape index (κ2) is 7.80. The van der Waals surface area contributed by atoms with Crippen LogP contribution in [0.2, 0.25) is 0 Å². The van der Waals surface area contributed by atoms with E-state index in [4.69, 9.17) is 10.8 Å². The highest BCUT2D eigenvalue weighted by Crippen LogP contribution is 1.96. The molecule has 0 fully saturated rings. The molecule has 2 amide bonds. The average molecular weight is 309 g/mol. The van der Waals surface area contributed by atoms with Crippen molar-refractivity contribution in [2.45, 2.75) is 38.8 Å². The number of amides is 2. The van der Waals surface area contributed by atoms with Crippen molar-refractivity contribution in [1.82, 2.24) is 10.0 Å². The number of carboxylic acids is 1.